The minimum Gasteiger partial charge on any atom is -0.352 e. The Kier molecular flexibility index (Phi) is 9.35. The van der Waals surface area contributed by atoms with Crippen molar-refractivity contribution in [2.75, 3.05) is 0 Å². The second-order valence-electron chi connectivity index (χ2n) is 9.86. The first-order valence-electron chi connectivity index (χ1n) is 12.9. The van der Waals surface area contributed by atoms with Gasteiger partial charge in [0, 0.05) is 23.5 Å². The van der Waals surface area contributed by atoms with Crippen molar-refractivity contribution in [3.8, 4) is 0 Å². The lowest BCUT2D eigenvalue weighted by Crippen LogP contribution is -2.53. The molecule has 4 nitrogen and oxygen atoms in total. The molecule has 1 aliphatic rings. The normalized spacial score (nSPS) is 14.7. The van der Waals surface area contributed by atoms with E-state index in [1.54, 1.807) is 4.90 Å². The minimum absolute atomic E-state index is 0.0387. The van der Waals surface area contributed by atoms with Gasteiger partial charge in [-0.2, -0.15) is 0 Å². The van der Waals surface area contributed by atoms with Crippen LogP contribution in [0.1, 0.15) is 54.4 Å². The lowest BCUT2D eigenvalue weighted by atomic mass is 9.94. The average molecular weight is 548 g/mol. The average Bonchev–Trinajstić information content (AvgIpc) is 2.88. The zero-order valence-electron chi connectivity index (χ0n) is 21.0. The van der Waals surface area contributed by atoms with Crippen LogP contribution in [0.5, 0.6) is 0 Å². The third kappa shape index (κ3) is 7.54. The molecule has 5 heteroatoms. The fourth-order valence-electron chi connectivity index (χ4n) is 4.98. The van der Waals surface area contributed by atoms with Crippen LogP contribution in [0.2, 0.25) is 0 Å². The molecule has 4 rings (SSSR count). The minimum atomic E-state index is -0.588. The number of amides is 2. The molecular formula is C31H35BrN2O2. The van der Waals surface area contributed by atoms with E-state index < -0.39 is 6.04 Å². The molecule has 188 valence electrons. The molecule has 1 fully saturated rings. The molecule has 1 N–H and O–H groups in total. The van der Waals surface area contributed by atoms with E-state index in [1.807, 2.05) is 85.8 Å². The van der Waals surface area contributed by atoms with Gasteiger partial charge in [-0.05, 0) is 48.6 Å². The Labute approximate surface area is 223 Å². The van der Waals surface area contributed by atoms with Gasteiger partial charge in [-0.1, -0.05) is 107 Å². The van der Waals surface area contributed by atoms with Crippen molar-refractivity contribution < 1.29 is 9.59 Å². The van der Waals surface area contributed by atoms with E-state index in [0.29, 0.717) is 13.0 Å². The summed E-state index contributed by atoms with van der Waals surface area (Å²) in [6.07, 6.45) is 6.27. The lowest BCUT2D eigenvalue weighted by molar-refractivity contribution is -0.141. The van der Waals surface area contributed by atoms with Crippen LogP contribution in [0.4, 0.5) is 0 Å². The van der Waals surface area contributed by atoms with Gasteiger partial charge in [0.15, 0.2) is 0 Å². The number of benzene rings is 3. The summed E-state index contributed by atoms with van der Waals surface area (Å²) in [5, 5.41) is 3.30. The summed E-state index contributed by atoms with van der Waals surface area (Å²) in [6, 6.07) is 25.6. The maximum Gasteiger partial charge on any atom is 0.243 e. The molecule has 3 aromatic carbocycles. The van der Waals surface area contributed by atoms with Crippen molar-refractivity contribution in [1.29, 1.82) is 0 Å². The fraction of sp³-hybridized carbons (Fsp3) is 0.355. The van der Waals surface area contributed by atoms with Gasteiger partial charge in [-0.3, -0.25) is 9.59 Å². The van der Waals surface area contributed by atoms with Gasteiger partial charge in [-0.25, -0.2) is 0 Å². The van der Waals surface area contributed by atoms with Gasteiger partial charge < -0.3 is 10.2 Å². The first kappa shape index (κ1) is 26.2. The summed E-state index contributed by atoms with van der Waals surface area (Å²) >= 11 is 3.50. The Morgan fingerprint density at radius 3 is 2.28 bits per heavy atom. The Bertz CT molecular complexity index is 1140. The summed E-state index contributed by atoms with van der Waals surface area (Å²) in [4.78, 5) is 29.4. The molecule has 1 saturated carbocycles. The first-order valence-corrected chi connectivity index (χ1v) is 13.7. The van der Waals surface area contributed by atoms with Crippen LogP contribution in [0.25, 0.3) is 0 Å². The van der Waals surface area contributed by atoms with Gasteiger partial charge in [0.1, 0.15) is 6.04 Å². The Morgan fingerprint density at radius 2 is 1.58 bits per heavy atom. The van der Waals surface area contributed by atoms with Crippen molar-refractivity contribution in [2.45, 2.75) is 70.5 Å². The summed E-state index contributed by atoms with van der Waals surface area (Å²) in [5.74, 6) is -0.0938. The fourth-order valence-corrected chi connectivity index (χ4v) is 5.25. The number of halogens is 1. The number of carbonyl (C=O) groups excluding carboxylic acids is 2. The van der Waals surface area contributed by atoms with Crippen molar-refractivity contribution in [3.05, 3.63) is 106 Å². The molecular weight excluding hydrogens is 512 g/mol. The summed E-state index contributed by atoms with van der Waals surface area (Å²) in [5.41, 5.74) is 4.13. The Morgan fingerprint density at radius 1 is 0.889 bits per heavy atom. The van der Waals surface area contributed by atoms with Gasteiger partial charge >= 0.3 is 0 Å². The summed E-state index contributed by atoms with van der Waals surface area (Å²) in [6.45, 7) is 2.41. The first-order chi connectivity index (χ1) is 17.5. The van der Waals surface area contributed by atoms with Gasteiger partial charge in [0.25, 0.3) is 0 Å². The van der Waals surface area contributed by atoms with E-state index >= 15 is 0 Å². The van der Waals surface area contributed by atoms with Crippen LogP contribution >= 0.6 is 15.9 Å². The third-order valence-corrected chi connectivity index (χ3v) is 7.46. The highest BCUT2D eigenvalue weighted by Crippen LogP contribution is 2.21. The smallest absolute Gasteiger partial charge is 0.243 e. The van der Waals surface area contributed by atoms with Gasteiger partial charge in [-0.15, -0.1) is 0 Å². The van der Waals surface area contributed by atoms with E-state index in [2.05, 4.69) is 21.2 Å². The predicted octanol–water partition coefficient (Wildman–Crippen LogP) is 6.39. The highest BCUT2D eigenvalue weighted by atomic mass is 79.9. The maximum atomic E-state index is 13.9. The Hall–Kier alpha value is -2.92. The number of rotatable bonds is 9. The SMILES string of the molecule is Cc1cccc(CC(=O)N(Cc2ccc(Br)cc2)[C@H](Cc2ccccc2)C(=O)NC2CCCCC2)c1. The van der Waals surface area contributed by atoms with Gasteiger partial charge in [0.05, 0.1) is 6.42 Å². The van der Waals surface area contributed by atoms with Crippen molar-refractivity contribution >= 4 is 27.7 Å². The number of nitrogens with zero attached hydrogens (tertiary/aromatic N) is 1. The molecule has 0 bridgehead atoms. The van der Waals surface area contributed by atoms with Crippen LogP contribution in [-0.4, -0.2) is 28.8 Å². The van der Waals surface area contributed by atoms with E-state index in [9.17, 15) is 9.59 Å². The second kappa shape index (κ2) is 12.9. The molecule has 36 heavy (non-hydrogen) atoms. The standard InChI is InChI=1S/C31H35BrN2O2/c1-23-9-8-12-26(19-23)21-30(35)34(22-25-15-17-27(32)18-16-25)29(20-24-10-4-2-5-11-24)31(36)33-28-13-6-3-7-14-28/h2,4-5,8-12,15-19,28-29H,3,6-7,13-14,20-22H2,1H3,(H,33,36)/t29-/m1/s1. The van der Waals surface area contributed by atoms with Gasteiger partial charge in [0.2, 0.25) is 11.8 Å². The lowest BCUT2D eigenvalue weighted by Gasteiger charge is -2.33. The zero-order valence-corrected chi connectivity index (χ0v) is 22.5. The monoisotopic (exact) mass is 546 g/mol. The number of nitrogens with one attached hydrogen (secondary N) is 1. The molecule has 0 aliphatic heterocycles. The zero-order chi connectivity index (χ0) is 25.3. The second-order valence-corrected chi connectivity index (χ2v) is 10.8. The van der Waals surface area contributed by atoms with Crippen molar-refractivity contribution in [1.82, 2.24) is 10.2 Å². The molecule has 0 spiro atoms. The van der Waals surface area contributed by atoms with E-state index in [4.69, 9.17) is 0 Å². The molecule has 0 radical (unpaired) electrons. The highest BCUT2D eigenvalue weighted by molar-refractivity contribution is 9.10. The van der Waals surface area contributed by atoms with E-state index in [1.165, 1.54) is 6.42 Å². The van der Waals surface area contributed by atoms with Crippen LogP contribution in [0, 0.1) is 6.92 Å². The topological polar surface area (TPSA) is 49.4 Å². The largest absolute Gasteiger partial charge is 0.352 e. The van der Waals surface area contributed by atoms with Crippen LogP contribution < -0.4 is 5.32 Å². The molecule has 2 amide bonds. The number of carbonyl (C=O) groups is 2. The van der Waals surface area contributed by atoms with Crippen LogP contribution in [-0.2, 0) is 29.0 Å². The molecule has 0 saturated heterocycles. The van der Waals surface area contributed by atoms with Crippen molar-refractivity contribution in [3.63, 3.8) is 0 Å². The maximum absolute atomic E-state index is 13.9. The number of hydrogen-bond acceptors (Lipinski definition) is 2. The number of aryl methyl sites for hydroxylation is 1. The molecule has 0 unspecified atom stereocenters. The van der Waals surface area contributed by atoms with Crippen LogP contribution in [0.3, 0.4) is 0 Å². The summed E-state index contributed by atoms with van der Waals surface area (Å²) in [7, 11) is 0. The Balaban J connectivity index is 1.65. The predicted molar refractivity (Wildman–Crippen MR) is 149 cm³/mol. The molecule has 1 atom stereocenters. The molecule has 1 aliphatic carbocycles. The third-order valence-electron chi connectivity index (χ3n) is 6.93. The quantitative estimate of drug-likeness (QED) is 0.338. The highest BCUT2D eigenvalue weighted by Gasteiger charge is 2.32. The van der Waals surface area contributed by atoms with Crippen molar-refractivity contribution in [2.24, 2.45) is 0 Å². The van der Waals surface area contributed by atoms with E-state index in [0.717, 1.165) is 52.4 Å². The summed E-state index contributed by atoms with van der Waals surface area (Å²) < 4.78 is 0.986. The van der Waals surface area contributed by atoms with Crippen LogP contribution in [0.15, 0.2) is 83.3 Å². The molecule has 3 aromatic rings. The number of hydrogen-bond donors (Lipinski definition) is 1. The molecule has 0 aromatic heterocycles. The van der Waals surface area contributed by atoms with E-state index in [-0.39, 0.29) is 24.3 Å². The molecule has 0 heterocycles.